The Labute approximate surface area is 106 Å². The maximum Gasteiger partial charge on any atom is 0.220 e. The van der Waals surface area contributed by atoms with E-state index in [0.717, 1.165) is 18.5 Å². The van der Waals surface area contributed by atoms with Gasteiger partial charge in [0.15, 0.2) is 5.05 Å². The molecule has 6 heteroatoms. The highest BCUT2D eigenvalue weighted by Crippen LogP contribution is 1.99. The Balaban J connectivity index is 2.03. The lowest BCUT2D eigenvalue weighted by atomic mass is 10.2. The number of ether oxygens (including phenoxy) is 1. The molecule has 0 aliphatic rings. The van der Waals surface area contributed by atoms with Gasteiger partial charge in [-0.1, -0.05) is 0 Å². The van der Waals surface area contributed by atoms with Crippen LogP contribution in [0.5, 0.6) is 0 Å². The summed E-state index contributed by atoms with van der Waals surface area (Å²) in [5.74, 6) is 0.0448. The molecule has 1 heterocycles. The second-order valence-electron chi connectivity index (χ2n) is 3.61. The predicted octanol–water partition coefficient (Wildman–Crippen LogP) is 1.21. The molecule has 94 valence electrons. The van der Waals surface area contributed by atoms with Crippen LogP contribution in [-0.2, 0) is 16.0 Å². The molecule has 1 rings (SSSR count). The SMILES string of the molecule is COC(=S)CCCC(=O)NCCc1cnc[nH]1. The van der Waals surface area contributed by atoms with E-state index >= 15 is 0 Å². The Morgan fingerprint density at radius 2 is 2.41 bits per heavy atom. The normalized spacial score (nSPS) is 9.94. The van der Waals surface area contributed by atoms with Crippen molar-refractivity contribution in [3.05, 3.63) is 18.2 Å². The second-order valence-corrected chi connectivity index (χ2v) is 4.06. The minimum atomic E-state index is 0.0448. The number of nitrogens with one attached hydrogen (secondary N) is 2. The van der Waals surface area contributed by atoms with Crippen molar-refractivity contribution in [3.63, 3.8) is 0 Å². The van der Waals surface area contributed by atoms with Crippen molar-refractivity contribution in [1.82, 2.24) is 15.3 Å². The Morgan fingerprint density at radius 1 is 1.59 bits per heavy atom. The van der Waals surface area contributed by atoms with Gasteiger partial charge in [0, 0.05) is 37.7 Å². The van der Waals surface area contributed by atoms with Gasteiger partial charge >= 0.3 is 0 Å². The van der Waals surface area contributed by atoms with Crippen LogP contribution in [-0.4, -0.2) is 34.6 Å². The van der Waals surface area contributed by atoms with Crippen molar-refractivity contribution >= 4 is 23.2 Å². The Morgan fingerprint density at radius 3 is 3.06 bits per heavy atom. The molecule has 0 bridgehead atoms. The smallest absolute Gasteiger partial charge is 0.220 e. The summed E-state index contributed by atoms with van der Waals surface area (Å²) in [7, 11) is 1.55. The number of imidazole rings is 1. The van der Waals surface area contributed by atoms with Gasteiger partial charge in [0.1, 0.15) is 0 Å². The maximum atomic E-state index is 11.4. The largest absolute Gasteiger partial charge is 0.490 e. The van der Waals surface area contributed by atoms with Crippen LogP contribution < -0.4 is 5.32 Å². The van der Waals surface area contributed by atoms with E-state index in [4.69, 9.17) is 17.0 Å². The molecule has 0 unspecified atom stereocenters. The first-order chi connectivity index (χ1) is 8.22. The highest BCUT2D eigenvalue weighted by molar-refractivity contribution is 7.80. The number of aromatic amines is 1. The van der Waals surface area contributed by atoms with Gasteiger partial charge < -0.3 is 15.0 Å². The molecule has 0 saturated heterocycles. The summed E-state index contributed by atoms with van der Waals surface area (Å²) >= 11 is 4.88. The molecule has 0 atom stereocenters. The molecule has 17 heavy (non-hydrogen) atoms. The molecular formula is C11H17N3O2S. The van der Waals surface area contributed by atoms with Gasteiger partial charge in [-0.3, -0.25) is 4.79 Å². The molecule has 1 aromatic heterocycles. The Kier molecular flexibility index (Phi) is 6.24. The number of methoxy groups -OCH3 is 1. The average molecular weight is 255 g/mol. The van der Waals surface area contributed by atoms with Gasteiger partial charge in [-0.2, -0.15) is 0 Å². The summed E-state index contributed by atoms with van der Waals surface area (Å²) < 4.78 is 4.85. The van der Waals surface area contributed by atoms with Crippen LogP contribution in [0.1, 0.15) is 25.0 Å². The first kappa shape index (κ1) is 13.6. The third-order valence-corrected chi connectivity index (χ3v) is 2.65. The number of H-pyrrole nitrogens is 1. The lowest BCUT2D eigenvalue weighted by Crippen LogP contribution is -2.25. The van der Waals surface area contributed by atoms with Crippen molar-refractivity contribution in [3.8, 4) is 0 Å². The summed E-state index contributed by atoms with van der Waals surface area (Å²) in [6.45, 7) is 0.621. The van der Waals surface area contributed by atoms with Gasteiger partial charge in [-0.05, 0) is 18.6 Å². The summed E-state index contributed by atoms with van der Waals surface area (Å²) in [5, 5.41) is 3.39. The Hall–Kier alpha value is -1.43. The van der Waals surface area contributed by atoms with Gasteiger partial charge in [0.2, 0.25) is 5.91 Å². The third-order valence-electron chi connectivity index (χ3n) is 2.28. The molecule has 0 spiro atoms. The number of hydrogen-bond acceptors (Lipinski definition) is 4. The molecule has 2 N–H and O–H groups in total. The van der Waals surface area contributed by atoms with Crippen molar-refractivity contribution < 1.29 is 9.53 Å². The van der Waals surface area contributed by atoms with Crippen LogP contribution in [0, 0.1) is 0 Å². The fraction of sp³-hybridized carbons (Fsp3) is 0.545. The second kappa shape index (κ2) is 7.78. The molecule has 1 amide bonds. The number of hydrogen-bond donors (Lipinski definition) is 2. The lowest BCUT2D eigenvalue weighted by molar-refractivity contribution is -0.121. The van der Waals surface area contributed by atoms with Crippen LogP contribution >= 0.6 is 12.2 Å². The third kappa shape index (κ3) is 6.01. The van der Waals surface area contributed by atoms with E-state index in [2.05, 4.69) is 15.3 Å². The first-order valence-electron chi connectivity index (χ1n) is 5.53. The summed E-state index contributed by atoms with van der Waals surface area (Å²) in [6.07, 6.45) is 6.00. The van der Waals surface area contributed by atoms with Crippen LogP contribution in [0.3, 0.4) is 0 Å². The van der Waals surface area contributed by atoms with Gasteiger partial charge in [-0.25, -0.2) is 4.98 Å². The van der Waals surface area contributed by atoms with Gasteiger partial charge in [0.05, 0.1) is 13.4 Å². The number of carbonyl (C=O) groups excluding carboxylic acids is 1. The van der Waals surface area contributed by atoms with Gasteiger partial charge in [-0.15, -0.1) is 0 Å². The zero-order valence-electron chi connectivity index (χ0n) is 9.86. The topological polar surface area (TPSA) is 67.0 Å². The minimum absolute atomic E-state index is 0.0448. The van der Waals surface area contributed by atoms with E-state index < -0.39 is 0 Å². The number of rotatable bonds is 7. The Bertz CT molecular complexity index is 352. The fourth-order valence-corrected chi connectivity index (χ4v) is 1.49. The lowest BCUT2D eigenvalue weighted by Gasteiger charge is -2.04. The number of carbonyl (C=O) groups is 1. The van der Waals surface area contributed by atoms with Crippen LogP contribution in [0.2, 0.25) is 0 Å². The molecule has 1 aromatic rings. The number of thiocarbonyl (C=S) groups is 1. The minimum Gasteiger partial charge on any atom is -0.490 e. The number of nitrogens with zero attached hydrogens (tertiary/aromatic N) is 1. The maximum absolute atomic E-state index is 11.4. The quantitative estimate of drug-likeness (QED) is 0.719. The average Bonchev–Trinajstić information content (AvgIpc) is 2.82. The summed E-state index contributed by atoms with van der Waals surface area (Å²) in [4.78, 5) is 18.3. The monoisotopic (exact) mass is 255 g/mol. The molecule has 0 saturated carbocycles. The molecule has 0 aliphatic heterocycles. The van der Waals surface area contributed by atoms with Crippen LogP contribution in [0.25, 0.3) is 0 Å². The van der Waals surface area contributed by atoms with Crippen LogP contribution in [0.4, 0.5) is 0 Å². The zero-order chi connectivity index (χ0) is 12.5. The van der Waals surface area contributed by atoms with Crippen LogP contribution in [0.15, 0.2) is 12.5 Å². The molecule has 0 aliphatic carbocycles. The molecule has 5 nitrogen and oxygen atoms in total. The first-order valence-corrected chi connectivity index (χ1v) is 5.94. The predicted molar refractivity (Wildman–Crippen MR) is 68.8 cm³/mol. The highest BCUT2D eigenvalue weighted by Gasteiger charge is 2.02. The summed E-state index contributed by atoms with van der Waals surface area (Å²) in [5.41, 5.74) is 1.02. The molecule has 0 radical (unpaired) electrons. The van der Waals surface area contributed by atoms with E-state index in [9.17, 15) is 4.79 Å². The number of amides is 1. The highest BCUT2D eigenvalue weighted by atomic mass is 32.1. The van der Waals surface area contributed by atoms with E-state index in [0.29, 0.717) is 24.4 Å². The van der Waals surface area contributed by atoms with E-state index in [-0.39, 0.29) is 5.91 Å². The fourth-order valence-electron chi connectivity index (χ4n) is 1.34. The van der Waals surface area contributed by atoms with Crippen molar-refractivity contribution in [2.45, 2.75) is 25.7 Å². The molecule has 0 aromatic carbocycles. The van der Waals surface area contributed by atoms with E-state index in [1.807, 2.05) is 0 Å². The van der Waals surface area contributed by atoms with E-state index in [1.54, 1.807) is 19.6 Å². The van der Waals surface area contributed by atoms with Crippen molar-refractivity contribution in [2.75, 3.05) is 13.7 Å². The summed E-state index contributed by atoms with van der Waals surface area (Å²) in [6, 6.07) is 0. The van der Waals surface area contributed by atoms with E-state index in [1.165, 1.54) is 0 Å². The molecular weight excluding hydrogens is 238 g/mol. The van der Waals surface area contributed by atoms with Crippen molar-refractivity contribution in [2.24, 2.45) is 0 Å². The molecule has 0 fully saturated rings. The van der Waals surface area contributed by atoms with Gasteiger partial charge in [0.25, 0.3) is 0 Å². The number of aromatic nitrogens is 2. The van der Waals surface area contributed by atoms with Crippen molar-refractivity contribution in [1.29, 1.82) is 0 Å². The standard InChI is InChI=1S/C11H17N3O2S/c1-16-11(17)4-2-3-10(15)13-6-5-9-7-12-8-14-9/h7-8H,2-6H2,1H3,(H,12,14)(H,13,15). The zero-order valence-corrected chi connectivity index (χ0v) is 10.7.